The number of hydrogen-bond acceptors (Lipinski definition) is 4. The molecular weight excluding hydrogens is 458 g/mol. The van der Waals surface area contributed by atoms with E-state index in [1.165, 1.54) is 43.3 Å². The number of nitrogens with one attached hydrogen (secondary N) is 1. The number of aryl methyl sites for hydroxylation is 1. The minimum absolute atomic E-state index is 0.320. The second-order valence-corrected chi connectivity index (χ2v) is 13.7. The van der Waals surface area contributed by atoms with E-state index < -0.39 is 0 Å². The summed E-state index contributed by atoms with van der Waals surface area (Å²) < 4.78 is 4.26. The highest BCUT2D eigenvalue weighted by molar-refractivity contribution is 5.80. The lowest BCUT2D eigenvalue weighted by atomic mass is 9.44. The van der Waals surface area contributed by atoms with Gasteiger partial charge in [-0.15, -0.1) is 0 Å². The van der Waals surface area contributed by atoms with Crippen molar-refractivity contribution in [2.75, 3.05) is 5.48 Å². The lowest BCUT2D eigenvalue weighted by Gasteiger charge is -2.61. The fraction of sp³-hybridized carbons (Fsp3) is 0.710. The van der Waals surface area contributed by atoms with Crippen LogP contribution in [0.15, 0.2) is 36.5 Å². The van der Waals surface area contributed by atoms with Crippen LogP contribution in [0.4, 0.5) is 5.82 Å². The highest BCUT2D eigenvalue weighted by Crippen LogP contribution is 2.63. The van der Waals surface area contributed by atoms with Crippen molar-refractivity contribution in [3.63, 3.8) is 0 Å². The van der Waals surface area contributed by atoms with Crippen molar-refractivity contribution in [1.82, 2.24) is 14.5 Å². The molecule has 2 aromatic rings. The summed E-state index contributed by atoms with van der Waals surface area (Å²) in [6.45, 7) is 23.7. The van der Waals surface area contributed by atoms with Crippen molar-refractivity contribution in [3.05, 3.63) is 36.5 Å². The number of aromatic nitrogens is 4. The summed E-state index contributed by atoms with van der Waals surface area (Å²) in [7, 11) is 2.03. The molecular formula is C31H50N5O+. The lowest BCUT2D eigenvalue weighted by molar-refractivity contribution is -0.647. The smallest absolute Gasteiger partial charge is 0.269 e. The average molecular weight is 509 g/mol. The first kappa shape index (κ1) is 27.8. The molecule has 0 radical (unpaired) electrons. The molecule has 0 bridgehead atoms. The van der Waals surface area contributed by atoms with Gasteiger partial charge in [-0.2, -0.15) is 4.98 Å². The van der Waals surface area contributed by atoms with E-state index in [1.807, 2.05) is 32.4 Å². The summed E-state index contributed by atoms with van der Waals surface area (Å²) in [6.07, 6.45) is 13.7. The van der Waals surface area contributed by atoms with Crippen LogP contribution >= 0.6 is 0 Å². The van der Waals surface area contributed by atoms with Crippen molar-refractivity contribution in [2.45, 2.75) is 106 Å². The fourth-order valence-corrected chi connectivity index (χ4v) is 7.34. The molecule has 37 heavy (non-hydrogen) atoms. The maximum Gasteiger partial charge on any atom is 0.307 e. The van der Waals surface area contributed by atoms with Gasteiger partial charge < -0.3 is 0 Å². The van der Waals surface area contributed by atoms with E-state index in [9.17, 15) is 0 Å². The first-order chi connectivity index (χ1) is 17.2. The van der Waals surface area contributed by atoms with Gasteiger partial charge in [0, 0.05) is 0 Å². The molecule has 0 aliphatic heterocycles. The van der Waals surface area contributed by atoms with E-state index in [1.54, 1.807) is 6.33 Å². The Morgan fingerprint density at radius 1 is 1.27 bits per heavy atom. The fourth-order valence-electron chi connectivity index (χ4n) is 7.34. The maximum absolute atomic E-state index is 5.82. The Balaban J connectivity index is 1.49. The summed E-state index contributed by atoms with van der Waals surface area (Å²) in [5.41, 5.74) is 8.30. The summed E-state index contributed by atoms with van der Waals surface area (Å²) in [5.74, 6) is 2.84. The molecule has 0 aromatic carbocycles. The predicted molar refractivity (Wildman–Crippen MR) is 152 cm³/mol. The van der Waals surface area contributed by atoms with Gasteiger partial charge in [-0.25, -0.2) is 10.0 Å². The van der Waals surface area contributed by atoms with E-state index >= 15 is 0 Å². The van der Waals surface area contributed by atoms with Crippen molar-refractivity contribution in [3.8, 4) is 0 Å². The van der Waals surface area contributed by atoms with Gasteiger partial charge >= 0.3 is 5.65 Å². The molecule has 0 unspecified atom stereocenters. The van der Waals surface area contributed by atoms with Gasteiger partial charge in [-0.3, -0.25) is 9.40 Å². The minimum atomic E-state index is -0.320. The molecule has 2 aliphatic rings. The lowest BCUT2D eigenvalue weighted by Crippen LogP contribution is -2.53. The van der Waals surface area contributed by atoms with Crippen LogP contribution in [0.1, 0.15) is 93.9 Å². The monoisotopic (exact) mass is 508 g/mol. The van der Waals surface area contributed by atoms with Gasteiger partial charge in [0.1, 0.15) is 0 Å². The van der Waals surface area contributed by atoms with Crippen molar-refractivity contribution in [2.24, 2.45) is 35.6 Å². The molecule has 204 valence electrons. The largest absolute Gasteiger partial charge is 0.307 e. The van der Waals surface area contributed by atoms with Crippen molar-refractivity contribution < 1.29 is 9.40 Å². The van der Waals surface area contributed by atoms with Crippen LogP contribution in [0.3, 0.4) is 0 Å². The molecule has 2 fully saturated rings. The number of allylic oxidation sites excluding steroid dienone is 3. The minimum Gasteiger partial charge on any atom is -0.269 e. The highest BCUT2D eigenvalue weighted by atomic mass is 16.7. The molecule has 2 saturated carbocycles. The van der Waals surface area contributed by atoms with E-state index in [2.05, 4.69) is 73.6 Å². The Kier molecular flexibility index (Phi) is 7.64. The second kappa shape index (κ2) is 10.2. The SMILES string of the molecule is C=C1CC[C@H]2C(C)(C)CC[C@@H](CC/C(C)=C/Cn3c[n+](C)c4ncnc(NOC(C)(C)C)c43)[C@]2(C)[C@H]1C. The number of rotatable bonds is 7. The topological polar surface area (TPSA) is 55.9 Å². The molecule has 0 saturated heterocycles. The quantitative estimate of drug-likeness (QED) is 0.245. The van der Waals surface area contributed by atoms with Crippen LogP contribution in [0.5, 0.6) is 0 Å². The molecule has 2 aliphatic carbocycles. The van der Waals surface area contributed by atoms with Gasteiger partial charge in [0.05, 0.1) is 19.2 Å². The number of imidazole rings is 1. The summed E-state index contributed by atoms with van der Waals surface area (Å²) >= 11 is 0. The normalized spacial score (nSPS) is 28.4. The van der Waals surface area contributed by atoms with E-state index in [0.29, 0.717) is 22.6 Å². The summed E-state index contributed by atoms with van der Waals surface area (Å²) in [6, 6.07) is 0. The van der Waals surface area contributed by atoms with Crippen LogP contribution in [0.2, 0.25) is 0 Å². The third-order valence-corrected chi connectivity index (χ3v) is 9.72. The summed E-state index contributed by atoms with van der Waals surface area (Å²) in [5, 5.41) is 0. The second-order valence-electron chi connectivity index (χ2n) is 13.7. The van der Waals surface area contributed by atoms with Gasteiger partial charge in [0.25, 0.3) is 0 Å². The van der Waals surface area contributed by atoms with Gasteiger partial charge in [0.2, 0.25) is 5.52 Å². The van der Waals surface area contributed by atoms with Crippen LogP contribution in [0, 0.1) is 28.6 Å². The van der Waals surface area contributed by atoms with Gasteiger partial charge in [-0.1, -0.05) is 56.5 Å². The Morgan fingerprint density at radius 3 is 2.70 bits per heavy atom. The number of hydrogen-bond donors (Lipinski definition) is 1. The zero-order valence-electron chi connectivity index (χ0n) is 24.8. The van der Waals surface area contributed by atoms with Crippen LogP contribution < -0.4 is 10.0 Å². The van der Waals surface area contributed by atoms with Crippen LogP contribution in [-0.4, -0.2) is 20.1 Å². The standard InChI is InChI=1S/C31H50N5O/c1-21(11-13-24-15-17-30(7,8)25-14-12-22(2)23(3)31(24,25)9)16-18-36-20-35(10)28-26(36)27(32-19-33-28)34-37-29(4,5)6/h16,19-20,23-25H,2,11-15,17-18H2,1,3-10H3,(H,32,33,34)/q+1/b21-16+/t23-,24+,25-,31-/m0/s1. The zero-order chi connectivity index (χ0) is 27.2. The summed E-state index contributed by atoms with van der Waals surface area (Å²) in [4.78, 5) is 14.8. The third-order valence-electron chi connectivity index (χ3n) is 9.72. The highest BCUT2D eigenvalue weighted by Gasteiger charge is 2.55. The molecule has 1 N–H and O–H groups in total. The van der Waals surface area contributed by atoms with Gasteiger partial charge in [0.15, 0.2) is 18.5 Å². The molecule has 0 amide bonds. The first-order valence-corrected chi connectivity index (χ1v) is 14.2. The first-order valence-electron chi connectivity index (χ1n) is 14.2. The number of anilines is 1. The molecule has 2 heterocycles. The third kappa shape index (κ3) is 5.50. The van der Waals surface area contributed by atoms with Crippen LogP contribution in [0.25, 0.3) is 11.2 Å². The van der Waals surface area contributed by atoms with E-state index in [4.69, 9.17) is 4.84 Å². The van der Waals surface area contributed by atoms with Crippen molar-refractivity contribution in [1.29, 1.82) is 0 Å². The van der Waals surface area contributed by atoms with Gasteiger partial charge in [-0.05, 0) is 94.8 Å². The average Bonchev–Trinajstić information content (AvgIpc) is 3.14. The molecule has 0 spiro atoms. The molecule has 4 rings (SSSR count). The molecule has 4 atom stereocenters. The Labute approximate surface area is 224 Å². The van der Waals surface area contributed by atoms with E-state index in [0.717, 1.165) is 36.0 Å². The van der Waals surface area contributed by atoms with Crippen molar-refractivity contribution >= 4 is 17.0 Å². The Bertz CT molecular complexity index is 1170. The number of fused-ring (bicyclic) bond motifs is 2. The molecule has 6 nitrogen and oxygen atoms in total. The Morgan fingerprint density at radius 2 is 2.00 bits per heavy atom. The molecule has 2 aromatic heterocycles. The Hall–Kier alpha value is -2.21. The van der Waals surface area contributed by atoms with E-state index in [-0.39, 0.29) is 5.60 Å². The zero-order valence-corrected chi connectivity index (χ0v) is 24.8. The number of nitrogens with zero attached hydrogens (tertiary/aromatic N) is 4. The van der Waals surface area contributed by atoms with Crippen LogP contribution in [-0.2, 0) is 18.4 Å². The molecule has 6 heteroatoms. The maximum atomic E-state index is 5.82. The predicted octanol–water partition coefficient (Wildman–Crippen LogP) is 7.17.